The van der Waals surface area contributed by atoms with Crippen LogP contribution in [0.3, 0.4) is 0 Å². The van der Waals surface area contributed by atoms with E-state index in [2.05, 4.69) is 0 Å². The minimum absolute atomic E-state index is 0.0764. The highest BCUT2D eigenvalue weighted by atomic mass is 16.4. The molecule has 0 heterocycles. The molecular weight excluding hydrogens is 216 g/mol. The number of para-hydroxylation sites is 2. The van der Waals surface area contributed by atoms with Gasteiger partial charge in [0.2, 0.25) is 0 Å². The van der Waals surface area contributed by atoms with Crippen LogP contribution >= 0.6 is 0 Å². The summed E-state index contributed by atoms with van der Waals surface area (Å²) in [6.07, 6.45) is 0. The topological polar surface area (TPSA) is 115 Å². The molecule has 0 spiro atoms. The van der Waals surface area contributed by atoms with Crippen LogP contribution in [0.25, 0.3) is 0 Å². The predicted octanol–water partition coefficient (Wildman–Crippen LogP) is 0.889. The molecule has 16 heavy (non-hydrogen) atoms. The predicted molar refractivity (Wildman–Crippen MR) is 54.2 cm³/mol. The number of rotatable bonds is 2. The number of hydrogen-bond acceptors (Lipinski definition) is 4. The lowest BCUT2D eigenvalue weighted by molar-refractivity contribution is -0.153. The lowest BCUT2D eigenvalue weighted by atomic mass is 10.2. The minimum atomic E-state index is -1.31. The Kier molecular flexibility index (Phi) is 5.40. The lowest BCUT2D eigenvalue weighted by Gasteiger charge is -1.94. The van der Waals surface area contributed by atoms with Crippen LogP contribution in [0.15, 0.2) is 24.3 Å². The number of phenolic OH excluding ortho intramolecular Hbond substituents is 2. The summed E-state index contributed by atoms with van der Waals surface area (Å²) in [7, 11) is 0. The Morgan fingerprint density at radius 2 is 1.31 bits per heavy atom. The molecule has 6 nitrogen and oxygen atoms in total. The molecule has 0 amide bonds. The fraction of sp³-hybridized carbons (Fsp3) is 0.200. The molecule has 6 heteroatoms. The molecule has 0 aliphatic rings. The fourth-order valence-corrected chi connectivity index (χ4v) is 0.570. The number of phenols is 2. The van der Waals surface area contributed by atoms with E-state index in [0.717, 1.165) is 6.92 Å². The van der Waals surface area contributed by atoms with E-state index < -0.39 is 17.9 Å². The summed E-state index contributed by atoms with van der Waals surface area (Å²) in [6.45, 7) is 1.12. The van der Waals surface area contributed by atoms with E-state index in [-0.39, 0.29) is 11.5 Å². The summed E-state index contributed by atoms with van der Waals surface area (Å²) < 4.78 is 0. The second kappa shape index (κ2) is 6.28. The van der Waals surface area contributed by atoms with E-state index in [4.69, 9.17) is 20.4 Å². The molecule has 0 atom stereocenters. The molecule has 0 unspecified atom stereocenters. The highest BCUT2D eigenvalue weighted by Gasteiger charge is 2.18. The van der Waals surface area contributed by atoms with Crippen LogP contribution in [-0.2, 0) is 9.59 Å². The van der Waals surface area contributed by atoms with Crippen molar-refractivity contribution in [2.45, 2.75) is 6.92 Å². The van der Waals surface area contributed by atoms with Gasteiger partial charge in [-0.2, -0.15) is 0 Å². The molecule has 1 rings (SSSR count). The monoisotopic (exact) mass is 228 g/mol. The molecule has 88 valence electrons. The number of hydrogen-bond donors (Lipinski definition) is 4. The smallest absolute Gasteiger partial charge is 0.317 e. The summed E-state index contributed by atoms with van der Waals surface area (Å²) in [5, 5.41) is 33.3. The summed E-state index contributed by atoms with van der Waals surface area (Å²) in [5.41, 5.74) is 0. The summed E-state index contributed by atoms with van der Waals surface area (Å²) in [6, 6.07) is 6.15. The Morgan fingerprint density at radius 1 is 1.00 bits per heavy atom. The Balaban J connectivity index is 0.000000281. The van der Waals surface area contributed by atoms with Crippen molar-refractivity contribution in [1.29, 1.82) is 0 Å². The van der Waals surface area contributed by atoms with E-state index in [1.165, 1.54) is 12.1 Å². The van der Waals surface area contributed by atoms with Gasteiger partial charge in [-0.25, -0.2) is 0 Å². The third-order valence-corrected chi connectivity index (χ3v) is 1.62. The van der Waals surface area contributed by atoms with Gasteiger partial charge >= 0.3 is 11.9 Å². The molecule has 0 radical (unpaired) electrons. The number of aliphatic carboxylic acids is 2. The zero-order valence-electron chi connectivity index (χ0n) is 8.49. The quantitative estimate of drug-likeness (QED) is 0.441. The number of benzene rings is 1. The van der Waals surface area contributed by atoms with Crippen molar-refractivity contribution in [3.63, 3.8) is 0 Å². The molecule has 0 saturated carbocycles. The molecule has 1 aromatic carbocycles. The zero-order valence-corrected chi connectivity index (χ0v) is 8.49. The van der Waals surface area contributed by atoms with Crippen LogP contribution in [0.2, 0.25) is 0 Å². The van der Waals surface area contributed by atoms with Gasteiger partial charge in [-0.15, -0.1) is 0 Å². The van der Waals surface area contributed by atoms with Crippen LogP contribution in [0, 0.1) is 5.92 Å². The Morgan fingerprint density at radius 3 is 1.44 bits per heavy atom. The van der Waals surface area contributed by atoms with Gasteiger partial charge in [0.15, 0.2) is 17.4 Å². The fourth-order valence-electron chi connectivity index (χ4n) is 0.570. The molecule has 4 N–H and O–H groups in total. The molecular formula is C10H12O6. The highest BCUT2D eigenvalue weighted by molar-refractivity contribution is 5.92. The van der Waals surface area contributed by atoms with Gasteiger partial charge < -0.3 is 20.4 Å². The zero-order chi connectivity index (χ0) is 12.7. The largest absolute Gasteiger partial charge is 0.504 e. The van der Waals surface area contributed by atoms with E-state index in [0.29, 0.717) is 0 Å². The molecule has 1 aromatic rings. The van der Waals surface area contributed by atoms with Crippen molar-refractivity contribution in [3.05, 3.63) is 24.3 Å². The summed E-state index contributed by atoms with van der Waals surface area (Å²) >= 11 is 0. The second-order valence-corrected chi connectivity index (χ2v) is 2.89. The lowest BCUT2D eigenvalue weighted by Crippen LogP contribution is -2.19. The van der Waals surface area contributed by atoms with Crippen molar-refractivity contribution < 1.29 is 30.0 Å². The molecule has 0 aliphatic heterocycles. The maximum Gasteiger partial charge on any atom is 0.317 e. The van der Waals surface area contributed by atoms with Crippen molar-refractivity contribution in [1.82, 2.24) is 0 Å². The highest BCUT2D eigenvalue weighted by Crippen LogP contribution is 2.21. The minimum Gasteiger partial charge on any atom is -0.504 e. The van der Waals surface area contributed by atoms with Crippen LogP contribution in [-0.4, -0.2) is 32.4 Å². The van der Waals surface area contributed by atoms with Crippen molar-refractivity contribution >= 4 is 11.9 Å². The number of carbonyl (C=O) groups is 2. The van der Waals surface area contributed by atoms with Crippen LogP contribution in [0.4, 0.5) is 0 Å². The van der Waals surface area contributed by atoms with Crippen molar-refractivity contribution in [2.75, 3.05) is 0 Å². The van der Waals surface area contributed by atoms with Crippen LogP contribution in [0.1, 0.15) is 6.92 Å². The standard InChI is InChI=1S/C6H6O2.C4H6O4/c7-5-3-1-2-4-6(5)8;1-2(3(5)6)4(7)8/h1-4,7-8H;2H,1H3,(H,5,6)(H,7,8). The number of carboxylic acid groups (broad SMARTS) is 2. The van der Waals surface area contributed by atoms with Crippen LogP contribution < -0.4 is 0 Å². The normalized spacial score (nSPS) is 9.12. The maximum absolute atomic E-state index is 9.76. The van der Waals surface area contributed by atoms with E-state index in [9.17, 15) is 9.59 Å². The molecule has 0 fully saturated rings. The average Bonchev–Trinajstić information content (AvgIpc) is 2.22. The first-order valence-electron chi connectivity index (χ1n) is 4.28. The van der Waals surface area contributed by atoms with Gasteiger partial charge in [-0.05, 0) is 19.1 Å². The van der Waals surface area contributed by atoms with Gasteiger partial charge in [-0.1, -0.05) is 12.1 Å². The Labute approximate surface area is 91.4 Å². The Bertz CT molecular complexity index is 338. The summed E-state index contributed by atoms with van der Waals surface area (Å²) in [4.78, 5) is 19.5. The first-order valence-corrected chi connectivity index (χ1v) is 4.28. The first-order chi connectivity index (χ1) is 7.36. The van der Waals surface area contributed by atoms with Gasteiger partial charge in [0.25, 0.3) is 0 Å². The van der Waals surface area contributed by atoms with Gasteiger partial charge in [0, 0.05) is 0 Å². The third kappa shape index (κ3) is 4.85. The maximum atomic E-state index is 9.76. The first kappa shape index (κ1) is 13.8. The van der Waals surface area contributed by atoms with Gasteiger partial charge in [0.1, 0.15) is 0 Å². The SMILES string of the molecule is CC(C(=O)O)C(=O)O.Oc1ccccc1O. The van der Waals surface area contributed by atoms with Crippen molar-refractivity contribution in [2.24, 2.45) is 5.92 Å². The molecule has 0 aromatic heterocycles. The van der Waals surface area contributed by atoms with Crippen LogP contribution in [0.5, 0.6) is 11.5 Å². The van der Waals surface area contributed by atoms with E-state index in [1.807, 2.05) is 0 Å². The second-order valence-electron chi connectivity index (χ2n) is 2.89. The molecule has 0 aliphatic carbocycles. The summed E-state index contributed by atoms with van der Waals surface area (Å²) in [5.74, 6) is -4.06. The van der Waals surface area contributed by atoms with E-state index in [1.54, 1.807) is 12.1 Å². The number of aromatic hydroxyl groups is 2. The van der Waals surface area contributed by atoms with E-state index >= 15 is 0 Å². The average molecular weight is 228 g/mol. The third-order valence-electron chi connectivity index (χ3n) is 1.62. The van der Waals surface area contributed by atoms with Gasteiger partial charge in [-0.3, -0.25) is 9.59 Å². The Hall–Kier alpha value is -2.24. The molecule has 0 bridgehead atoms. The number of carboxylic acids is 2. The van der Waals surface area contributed by atoms with Crippen molar-refractivity contribution in [3.8, 4) is 11.5 Å². The molecule has 0 saturated heterocycles. The van der Waals surface area contributed by atoms with Gasteiger partial charge in [0.05, 0.1) is 0 Å².